The van der Waals surface area contributed by atoms with Gasteiger partial charge in [0.25, 0.3) is 0 Å². The first-order chi connectivity index (χ1) is 20.4. The summed E-state index contributed by atoms with van der Waals surface area (Å²) in [6.07, 6.45) is 4.47. The third-order valence-corrected chi connectivity index (χ3v) is 8.71. The summed E-state index contributed by atoms with van der Waals surface area (Å²) in [5.74, 6) is 2.03. The highest BCUT2D eigenvalue weighted by Crippen LogP contribution is 2.53. The van der Waals surface area contributed by atoms with Gasteiger partial charge < -0.3 is 39.0 Å². The van der Waals surface area contributed by atoms with Crippen LogP contribution in [0.25, 0.3) is 11.1 Å². The molecule has 0 bridgehead atoms. The molecule has 1 saturated carbocycles. The Morgan fingerprint density at radius 1 is 0.929 bits per heavy atom. The van der Waals surface area contributed by atoms with Crippen LogP contribution in [0.5, 0.6) is 40.2 Å². The fraction of sp³-hybridized carbons (Fsp3) is 0.455. The minimum absolute atomic E-state index is 0.0419. The Kier molecular flexibility index (Phi) is 7.96. The number of aliphatic hydroxyl groups is 1. The lowest BCUT2D eigenvalue weighted by Crippen LogP contribution is -2.26. The highest BCUT2D eigenvalue weighted by molar-refractivity contribution is 5.84. The Morgan fingerprint density at radius 2 is 1.67 bits per heavy atom. The zero-order valence-electron chi connectivity index (χ0n) is 24.4. The predicted octanol–water partition coefficient (Wildman–Crippen LogP) is 5.36. The molecule has 0 spiro atoms. The molecule has 42 heavy (non-hydrogen) atoms. The van der Waals surface area contributed by atoms with E-state index in [1.165, 1.54) is 7.11 Å². The molecule has 1 aliphatic heterocycles. The minimum atomic E-state index is -0.923. The maximum Gasteiger partial charge on any atom is 0.200 e. The summed E-state index contributed by atoms with van der Waals surface area (Å²) in [6.45, 7) is 3.32. The van der Waals surface area contributed by atoms with E-state index in [9.17, 15) is 15.3 Å². The third kappa shape index (κ3) is 5.05. The summed E-state index contributed by atoms with van der Waals surface area (Å²) < 4.78 is 29.5. The van der Waals surface area contributed by atoms with Crippen LogP contribution in [0.2, 0.25) is 0 Å². The van der Waals surface area contributed by atoms with Crippen LogP contribution in [-0.2, 0) is 12.8 Å². The number of phenolic OH excluding ortho intramolecular Hbond substituents is 2. The number of aromatic hydroxyl groups is 2. The maximum atomic E-state index is 11.9. The summed E-state index contributed by atoms with van der Waals surface area (Å²) >= 11 is 0. The van der Waals surface area contributed by atoms with Crippen molar-refractivity contribution in [3.8, 4) is 51.4 Å². The smallest absolute Gasteiger partial charge is 0.200 e. The summed E-state index contributed by atoms with van der Waals surface area (Å²) in [5, 5.41) is 37.1. The van der Waals surface area contributed by atoms with Crippen molar-refractivity contribution in [2.75, 3.05) is 34.1 Å². The van der Waals surface area contributed by atoms with Crippen molar-refractivity contribution in [1.82, 2.24) is 5.32 Å². The molecule has 1 heterocycles. The van der Waals surface area contributed by atoms with E-state index in [0.717, 1.165) is 54.5 Å². The standard InChI is InChI=1S/C33H39NO8/c1-4-34-17-41-20-13-23-21(26(14-20)38-2)9-10-22-30(23)25(35)15-27-31(22)32(36)24(16-40-27)18-11-28(39-3)33(37)29(12-18)42-19-7-5-6-8-19/h11-15,19,24,32,34-37H,4-10,16-17H2,1-3H3/t24-,32-/m0/s1. The molecule has 0 saturated heterocycles. The van der Waals surface area contributed by atoms with E-state index in [1.807, 2.05) is 19.1 Å². The molecule has 3 aromatic rings. The molecule has 4 N–H and O–H groups in total. The van der Waals surface area contributed by atoms with Crippen molar-refractivity contribution < 1.29 is 39.0 Å². The summed E-state index contributed by atoms with van der Waals surface area (Å²) in [5.41, 5.74) is 4.70. The first kappa shape index (κ1) is 28.3. The van der Waals surface area contributed by atoms with E-state index in [-0.39, 0.29) is 30.0 Å². The molecule has 2 atom stereocenters. The number of benzene rings is 3. The van der Waals surface area contributed by atoms with Crippen molar-refractivity contribution >= 4 is 0 Å². The quantitative estimate of drug-likeness (QED) is 0.197. The summed E-state index contributed by atoms with van der Waals surface area (Å²) in [4.78, 5) is 0. The van der Waals surface area contributed by atoms with Crippen LogP contribution in [0.1, 0.15) is 66.9 Å². The number of fused-ring (bicyclic) bond motifs is 5. The van der Waals surface area contributed by atoms with Gasteiger partial charge in [0, 0.05) is 34.7 Å². The molecule has 3 aromatic carbocycles. The zero-order valence-corrected chi connectivity index (χ0v) is 24.4. The lowest BCUT2D eigenvalue weighted by Gasteiger charge is -2.35. The molecule has 224 valence electrons. The van der Waals surface area contributed by atoms with E-state index in [0.29, 0.717) is 53.7 Å². The van der Waals surface area contributed by atoms with Gasteiger partial charge >= 0.3 is 0 Å². The van der Waals surface area contributed by atoms with Gasteiger partial charge in [-0.05, 0) is 80.0 Å². The fourth-order valence-corrected chi connectivity index (χ4v) is 6.57. The van der Waals surface area contributed by atoms with Crippen molar-refractivity contribution in [3.63, 3.8) is 0 Å². The number of phenols is 2. The molecular weight excluding hydrogens is 538 g/mol. The molecule has 6 rings (SSSR count). The molecule has 0 amide bonds. The van der Waals surface area contributed by atoms with Gasteiger partial charge in [0.05, 0.1) is 33.0 Å². The summed E-state index contributed by atoms with van der Waals surface area (Å²) in [7, 11) is 3.13. The van der Waals surface area contributed by atoms with Crippen LogP contribution in [0, 0.1) is 0 Å². The van der Waals surface area contributed by atoms with E-state index in [4.69, 9.17) is 23.7 Å². The Bertz CT molecular complexity index is 1470. The maximum absolute atomic E-state index is 11.9. The Morgan fingerprint density at radius 3 is 2.40 bits per heavy atom. The van der Waals surface area contributed by atoms with Crippen LogP contribution in [0.15, 0.2) is 30.3 Å². The molecule has 0 radical (unpaired) electrons. The molecule has 1 fully saturated rings. The second kappa shape index (κ2) is 11.8. The number of methoxy groups -OCH3 is 2. The monoisotopic (exact) mass is 577 g/mol. The van der Waals surface area contributed by atoms with Crippen LogP contribution in [-0.4, -0.2) is 55.5 Å². The normalized spacial score (nSPS) is 19.3. The largest absolute Gasteiger partial charge is 0.507 e. The summed E-state index contributed by atoms with van der Waals surface area (Å²) in [6, 6.07) is 8.91. The Balaban J connectivity index is 1.40. The SMILES string of the molecule is CCNCOc1cc(OC)c2c(c1)-c1c(O)cc3c(c1CC2)[C@@H](O)[C@H](c1cc(OC)c(O)c(OC2CCCC2)c1)CO3. The first-order valence-corrected chi connectivity index (χ1v) is 14.7. The number of aliphatic hydroxyl groups excluding tert-OH is 1. The Labute approximate surface area is 246 Å². The van der Waals surface area contributed by atoms with Crippen molar-refractivity contribution in [2.24, 2.45) is 0 Å². The van der Waals surface area contributed by atoms with Crippen LogP contribution in [0.3, 0.4) is 0 Å². The number of ether oxygens (including phenoxy) is 5. The molecule has 9 heteroatoms. The average Bonchev–Trinajstić information content (AvgIpc) is 3.51. The fourth-order valence-electron chi connectivity index (χ4n) is 6.57. The molecular formula is C33H39NO8. The zero-order chi connectivity index (χ0) is 29.4. The van der Waals surface area contributed by atoms with Crippen molar-refractivity contribution in [2.45, 2.75) is 63.6 Å². The van der Waals surface area contributed by atoms with Crippen LogP contribution < -0.4 is 29.0 Å². The molecule has 0 aromatic heterocycles. The van der Waals surface area contributed by atoms with Gasteiger partial charge in [-0.1, -0.05) is 6.92 Å². The molecule has 2 aliphatic carbocycles. The second-order valence-corrected chi connectivity index (χ2v) is 11.2. The van der Waals surface area contributed by atoms with E-state index >= 15 is 0 Å². The molecule has 3 aliphatic rings. The van der Waals surface area contributed by atoms with E-state index in [2.05, 4.69) is 5.32 Å². The first-order valence-electron chi connectivity index (χ1n) is 14.7. The number of nitrogens with one attached hydrogen (secondary N) is 1. The average molecular weight is 578 g/mol. The van der Waals surface area contributed by atoms with Crippen molar-refractivity contribution in [3.05, 3.63) is 52.6 Å². The highest BCUT2D eigenvalue weighted by Gasteiger charge is 2.38. The van der Waals surface area contributed by atoms with Crippen LogP contribution >= 0.6 is 0 Å². The van der Waals surface area contributed by atoms with Gasteiger partial charge in [-0.15, -0.1) is 0 Å². The lowest BCUT2D eigenvalue weighted by molar-refractivity contribution is 0.0874. The number of hydrogen-bond acceptors (Lipinski definition) is 9. The second-order valence-electron chi connectivity index (χ2n) is 11.2. The lowest BCUT2D eigenvalue weighted by atomic mass is 9.77. The molecule has 9 nitrogen and oxygen atoms in total. The van der Waals surface area contributed by atoms with Gasteiger partial charge in [-0.3, -0.25) is 5.32 Å². The number of hydrogen-bond donors (Lipinski definition) is 4. The van der Waals surface area contributed by atoms with Gasteiger partial charge in [0.1, 0.15) is 29.7 Å². The molecule has 0 unspecified atom stereocenters. The topological polar surface area (TPSA) is 119 Å². The highest BCUT2D eigenvalue weighted by atomic mass is 16.5. The number of rotatable bonds is 9. The van der Waals surface area contributed by atoms with E-state index in [1.54, 1.807) is 25.3 Å². The predicted molar refractivity (Wildman–Crippen MR) is 157 cm³/mol. The minimum Gasteiger partial charge on any atom is -0.507 e. The van der Waals surface area contributed by atoms with Gasteiger partial charge in [-0.25, -0.2) is 0 Å². The van der Waals surface area contributed by atoms with Gasteiger partial charge in [0.15, 0.2) is 11.5 Å². The van der Waals surface area contributed by atoms with Crippen molar-refractivity contribution in [1.29, 1.82) is 0 Å². The van der Waals surface area contributed by atoms with E-state index < -0.39 is 12.0 Å². The third-order valence-electron chi connectivity index (χ3n) is 8.71. The van der Waals surface area contributed by atoms with Gasteiger partial charge in [-0.2, -0.15) is 0 Å². The van der Waals surface area contributed by atoms with Crippen LogP contribution in [0.4, 0.5) is 0 Å². The van der Waals surface area contributed by atoms with Gasteiger partial charge in [0.2, 0.25) is 5.75 Å². The Hall–Kier alpha value is -3.82.